The summed E-state index contributed by atoms with van der Waals surface area (Å²) in [6.07, 6.45) is 2.71. The second-order valence-electron chi connectivity index (χ2n) is 4.46. The molecule has 1 aliphatic rings. The maximum Gasteiger partial charge on any atom is 0.0411 e. The highest BCUT2D eigenvalue weighted by Crippen LogP contribution is 2.23. The second kappa shape index (κ2) is 5.35. The summed E-state index contributed by atoms with van der Waals surface area (Å²) in [6.45, 7) is 7.61. The lowest BCUT2D eigenvalue weighted by atomic mass is 10.1. The number of anilines is 1. The quantitative estimate of drug-likeness (QED) is 0.790. The summed E-state index contributed by atoms with van der Waals surface area (Å²) in [5.74, 6) is 0. The van der Waals surface area contributed by atoms with E-state index in [1.54, 1.807) is 0 Å². The minimum atomic E-state index is 0.782. The van der Waals surface area contributed by atoms with Gasteiger partial charge in [0.05, 0.1) is 0 Å². The zero-order chi connectivity index (χ0) is 11.4. The van der Waals surface area contributed by atoms with Crippen LogP contribution in [-0.4, -0.2) is 19.1 Å². The van der Waals surface area contributed by atoms with Crippen molar-refractivity contribution in [2.75, 3.05) is 18.0 Å². The molecule has 1 saturated carbocycles. The van der Waals surface area contributed by atoms with E-state index < -0.39 is 0 Å². The fourth-order valence-corrected chi connectivity index (χ4v) is 2.07. The van der Waals surface area contributed by atoms with Crippen molar-refractivity contribution in [3.05, 3.63) is 29.8 Å². The van der Waals surface area contributed by atoms with Crippen LogP contribution in [0.25, 0.3) is 0 Å². The fraction of sp³-hybridized carbons (Fsp3) is 0.571. The Balaban J connectivity index is 2.08. The van der Waals surface area contributed by atoms with E-state index in [2.05, 4.69) is 48.3 Å². The van der Waals surface area contributed by atoms with Crippen molar-refractivity contribution in [1.82, 2.24) is 5.32 Å². The van der Waals surface area contributed by atoms with Crippen molar-refractivity contribution < 1.29 is 0 Å². The molecule has 0 atom stereocenters. The minimum absolute atomic E-state index is 0.782. The van der Waals surface area contributed by atoms with E-state index in [1.807, 2.05) is 0 Å². The molecule has 1 aromatic carbocycles. The monoisotopic (exact) mass is 218 g/mol. The Morgan fingerprint density at radius 2 is 1.88 bits per heavy atom. The molecule has 0 spiro atoms. The highest BCUT2D eigenvalue weighted by atomic mass is 15.1. The molecule has 0 unspecified atom stereocenters. The fourth-order valence-electron chi connectivity index (χ4n) is 2.07. The summed E-state index contributed by atoms with van der Waals surface area (Å²) in [5, 5.41) is 3.59. The summed E-state index contributed by atoms with van der Waals surface area (Å²) < 4.78 is 0. The SMILES string of the molecule is CCN(CC)c1ccccc1CNC1CC1. The topological polar surface area (TPSA) is 15.3 Å². The number of nitrogens with one attached hydrogen (secondary N) is 1. The first kappa shape index (κ1) is 11.5. The molecule has 2 rings (SSSR count). The van der Waals surface area contributed by atoms with E-state index in [1.165, 1.54) is 24.1 Å². The molecule has 0 aromatic heterocycles. The minimum Gasteiger partial charge on any atom is -0.372 e. The Labute approximate surface area is 98.7 Å². The number of nitrogens with zero attached hydrogens (tertiary/aromatic N) is 1. The molecule has 1 aliphatic carbocycles. The van der Waals surface area contributed by atoms with Crippen LogP contribution in [-0.2, 0) is 6.54 Å². The molecule has 1 aromatic rings. The lowest BCUT2D eigenvalue weighted by Gasteiger charge is -2.24. The normalized spacial score (nSPS) is 15.1. The molecular formula is C14H22N2. The van der Waals surface area contributed by atoms with E-state index >= 15 is 0 Å². The van der Waals surface area contributed by atoms with Crippen LogP contribution in [0.15, 0.2) is 24.3 Å². The van der Waals surface area contributed by atoms with Crippen molar-refractivity contribution in [2.45, 2.75) is 39.3 Å². The van der Waals surface area contributed by atoms with Gasteiger partial charge in [0.1, 0.15) is 0 Å². The second-order valence-corrected chi connectivity index (χ2v) is 4.46. The Bertz CT molecular complexity index is 327. The summed E-state index contributed by atoms with van der Waals surface area (Å²) in [6, 6.07) is 9.52. The van der Waals surface area contributed by atoms with Crippen LogP contribution in [0.5, 0.6) is 0 Å². The molecule has 0 aliphatic heterocycles. The molecule has 0 saturated heterocycles. The molecule has 88 valence electrons. The van der Waals surface area contributed by atoms with Gasteiger partial charge in [-0.1, -0.05) is 18.2 Å². The summed E-state index contributed by atoms with van der Waals surface area (Å²) >= 11 is 0. The van der Waals surface area contributed by atoms with E-state index in [4.69, 9.17) is 0 Å². The highest BCUT2D eigenvalue weighted by molar-refractivity contribution is 5.53. The van der Waals surface area contributed by atoms with Crippen LogP contribution in [0.2, 0.25) is 0 Å². The Morgan fingerprint density at radius 3 is 2.50 bits per heavy atom. The van der Waals surface area contributed by atoms with Gasteiger partial charge in [-0.25, -0.2) is 0 Å². The van der Waals surface area contributed by atoms with Crippen LogP contribution in [0, 0.1) is 0 Å². The van der Waals surface area contributed by atoms with Gasteiger partial charge >= 0.3 is 0 Å². The Morgan fingerprint density at radius 1 is 1.19 bits per heavy atom. The van der Waals surface area contributed by atoms with Crippen LogP contribution in [0.4, 0.5) is 5.69 Å². The van der Waals surface area contributed by atoms with Crippen molar-refractivity contribution in [3.8, 4) is 0 Å². The average Bonchev–Trinajstić information content (AvgIpc) is 3.13. The van der Waals surface area contributed by atoms with Gasteiger partial charge in [0.15, 0.2) is 0 Å². The van der Waals surface area contributed by atoms with Gasteiger partial charge in [-0.2, -0.15) is 0 Å². The first-order valence-electron chi connectivity index (χ1n) is 6.41. The van der Waals surface area contributed by atoms with Crippen molar-refractivity contribution in [2.24, 2.45) is 0 Å². The molecule has 16 heavy (non-hydrogen) atoms. The van der Waals surface area contributed by atoms with E-state index in [0.29, 0.717) is 0 Å². The van der Waals surface area contributed by atoms with Gasteiger partial charge in [-0.3, -0.25) is 0 Å². The molecule has 2 heteroatoms. The summed E-state index contributed by atoms with van der Waals surface area (Å²) in [5.41, 5.74) is 2.82. The molecule has 0 radical (unpaired) electrons. The third-order valence-electron chi connectivity index (χ3n) is 3.25. The number of hydrogen-bond donors (Lipinski definition) is 1. The molecule has 1 fully saturated rings. The van der Waals surface area contributed by atoms with Crippen molar-refractivity contribution in [3.63, 3.8) is 0 Å². The van der Waals surface area contributed by atoms with E-state index in [-0.39, 0.29) is 0 Å². The zero-order valence-corrected chi connectivity index (χ0v) is 10.4. The predicted octanol–water partition coefficient (Wildman–Crippen LogP) is 2.78. The number of rotatable bonds is 6. The van der Waals surface area contributed by atoms with Gasteiger partial charge in [-0.05, 0) is 38.3 Å². The maximum atomic E-state index is 3.59. The molecule has 0 heterocycles. The first-order chi connectivity index (χ1) is 7.85. The number of benzene rings is 1. The average molecular weight is 218 g/mol. The van der Waals surface area contributed by atoms with Gasteiger partial charge in [0.25, 0.3) is 0 Å². The van der Waals surface area contributed by atoms with Gasteiger partial charge in [0, 0.05) is 31.4 Å². The predicted molar refractivity (Wildman–Crippen MR) is 69.9 cm³/mol. The maximum absolute atomic E-state index is 3.59. The van der Waals surface area contributed by atoms with Crippen LogP contribution in [0.1, 0.15) is 32.3 Å². The van der Waals surface area contributed by atoms with Gasteiger partial charge in [-0.15, -0.1) is 0 Å². The Kier molecular flexibility index (Phi) is 3.83. The van der Waals surface area contributed by atoms with Crippen LogP contribution in [0.3, 0.4) is 0 Å². The van der Waals surface area contributed by atoms with Gasteiger partial charge < -0.3 is 10.2 Å². The van der Waals surface area contributed by atoms with Gasteiger partial charge in [0.2, 0.25) is 0 Å². The van der Waals surface area contributed by atoms with Crippen molar-refractivity contribution >= 4 is 5.69 Å². The third kappa shape index (κ3) is 2.76. The lowest BCUT2D eigenvalue weighted by Crippen LogP contribution is -2.25. The summed E-state index contributed by atoms with van der Waals surface area (Å²) in [4.78, 5) is 2.42. The molecule has 2 nitrogen and oxygen atoms in total. The number of hydrogen-bond acceptors (Lipinski definition) is 2. The van der Waals surface area contributed by atoms with E-state index in [9.17, 15) is 0 Å². The number of para-hydroxylation sites is 1. The zero-order valence-electron chi connectivity index (χ0n) is 10.4. The lowest BCUT2D eigenvalue weighted by molar-refractivity contribution is 0.684. The third-order valence-corrected chi connectivity index (χ3v) is 3.25. The molecule has 0 amide bonds. The van der Waals surface area contributed by atoms with Crippen LogP contribution >= 0.6 is 0 Å². The smallest absolute Gasteiger partial charge is 0.0411 e. The highest BCUT2D eigenvalue weighted by Gasteiger charge is 2.20. The molecular weight excluding hydrogens is 196 g/mol. The van der Waals surface area contributed by atoms with Crippen molar-refractivity contribution in [1.29, 1.82) is 0 Å². The standard InChI is InChI=1S/C14H22N2/c1-3-16(4-2)14-8-6-5-7-12(14)11-15-13-9-10-13/h5-8,13,15H,3-4,9-11H2,1-2H3. The Hall–Kier alpha value is -1.02. The van der Waals surface area contributed by atoms with Crippen LogP contribution < -0.4 is 10.2 Å². The van der Waals surface area contributed by atoms with E-state index in [0.717, 1.165) is 25.7 Å². The first-order valence-corrected chi connectivity index (χ1v) is 6.41. The summed E-state index contributed by atoms with van der Waals surface area (Å²) in [7, 11) is 0. The molecule has 1 N–H and O–H groups in total. The molecule has 0 bridgehead atoms. The largest absolute Gasteiger partial charge is 0.372 e.